The maximum atomic E-state index is 12.2. The van der Waals surface area contributed by atoms with Crippen LogP contribution in [0.15, 0.2) is 51.6 Å². The zero-order chi connectivity index (χ0) is 15.4. The Morgan fingerprint density at radius 3 is 2.90 bits per heavy atom. The molecule has 0 unspecified atom stereocenters. The van der Waals surface area contributed by atoms with Gasteiger partial charge in [-0.3, -0.25) is 9.78 Å². The SMILES string of the molecule is Cc1ncc(N)cc1NC(=O)/C(N=N)=C1\C=CC(Br)=CN1. The first kappa shape index (κ1) is 14.9. The number of carbonyl (C=O) groups is 1. The van der Waals surface area contributed by atoms with E-state index >= 15 is 0 Å². The number of halogens is 1. The molecule has 8 heteroatoms. The van der Waals surface area contributed by atoms with Gasteiger partial charge in [0.05, 0.1) is 29.0 Å². The summed E-state index contributed by atoms with van der Waals surface area (Å²) >= 11 is 3.28. The minimum Gasteiger partial charge on any atom is -0.397 e. The number of hydrogen-bond acceptors (Lipinski definition) is 6. The molecule has 21 heavy (non-hydrogen) atoms. The van der Waals surface area contributed by atoms with Gasteiger partial charge in [0.2, 0.25) is 0 Å². The molecule has 0 fully saturated rings. The number of hydrogen-bond donors (Lipinski definition) is 4. The van der Waals surface area contributed by atoms with E-state index in [1.165, 1.54) is 6.20 Å². The van der Waals surface area contributed by atoms with Crippen LogP contribution in [0.3, 0.4) is 0 Å². The van der Waals surface area contributed by atoms with Crippen molar-refractivity contribution in [3.63, 3.8) is 0 Å². The molecule has 0 spiro atoms. The van der Waals surface area contributed by atoms with Crippen molar-refractivity contribution in [2.45, 2.75) is 6.92 Å². The van der Waals surface area contributed by atoms with E-state index in [9.17, 15) is 4.79 Å². The van der Waals surface area contributed by atoms with E-state index in [4.69, 9.17) is 11.3 Å². The van der Waals surface area contributed by atoms with Crippen LogP contribution in [0, 0.1) is 12.5 Å². The third-order valence-corrected chi connectivity index (χ3v) is 3.21. The first-order valence-corrected chi connectivity index (χ1v) is 6.76. The number of nitrogens with one attached hydrogen (secondary N) is 3. The van der Waals surface area contributed by atoms with Crippen molar-refractivity contribution >= 4 is 33.2 Å². The Balaban J connectivity index is 2.26. The number of carbonyl (C=O) groups excluding carboxylic acids is 1. The number of aromatic nitrogens is 1. The fraction of sp³-hybridized carbons (Fsp3) is 0.0769. The highest BCUT2D eigenvalue weighted by Crippen LogP contribution is 2.19. The average molecular weight is 349 g/mol. The van der Waals surface area contributed by atoms with Crippen LogP contribution < -0.4 is 16.4 Å². The maximum Gasteiger partial charge on any atom is 0.278 e. The third kappa shape index (κ3) is 3.54. The second-order valence-electron chi connectivity index (χ2n) is 4.24. The summed E-state index contributed by atoms with van der Waals surface area (Å²) in [5.74, 6) is -0.515. The molecule has 1 aliphatic rings. The lowest BCUT2D eigenvalue weighted by atomic mass is 10.2. The maximum absolute atomic E-state index is 12.2. The van der Waals surface area contributed by atoms with E-state index in [0.717, 1.165) is 4.48 Å². The zero-order valence-corrected chi connectivity index (χ0v) is 12.7. The van der Waals surface area contributed by atoms with Crippen molar-refractivity contribution < 1.29 is 4.79 Å². The number of amides is 1. The highest BCUT2D eigenvalue weighted by molar-refractivity contribution is 9.11. The summed E-state index contributed by atoms with van der Waals surface area (Å²) in [7, 11) is 0. The van der Waals surface area contributed by atoms with Crippen molar-refractivity contribution in [1.82, 2.24) is 10.3 Å². The Morgan fingerprint density at radius 1 is 1.52 bits per heavy atom. The van der Waals surface area contributed by atoms with Gasteiger partial charge >= 0.3 is 0 Å². The minimum atomic E-state index is -0.515. The van der Waals surface area contributed by atoms with Gasteiger partial charge in [-0.1, -0.05) is 0 Å². The summed E-state index contributed by atoms with van der Waals surface area (Å²) in [6.07, 6.45) is 6.56. The molecule has 0 radical (unpaired) electrons. The van der Waals surface area contributed by atoms with Gasteiger partial charge in [0.1, 0.15) is 0 Å². The topological polar surface area (TPSA) is 116 Å². The molecule has 1 aliphatic heterocycles. The van der Waals surface area contributed by atoms with Gasteiger partial charge in [0.25, 0.3) is 5.91 Å². The molecule has 2 rings (SSSR count). The molecule has 0 bridgehead atoms. The minimum absolute atomic E-state index is 0.0377. The van der Waals surface area contributed by atoms with Crippen molar-refractivity contribution in [3.05, 3.63) is 52.2 Å². The van der Waals surface area contributed by atoms with Gasteiger partial charge in [-0.25, -0.2) is 5.53 Å². The largest absolute Gasteiger partial charge is 0.397 e. The standard InChI is InChI=1S/C13H13BrN6O/c1-7-11(4-9(15)6-17-7)19-13(21)12(20-16)10-3-2-8(14)5-18-10/h2-6,16,18H,15H2,1H3,(H,19,21)/b12-10-,20-16?. The molecule has 7 nitrogen and oxygen atoms in total. The van der Waals surface area contributed by atoms with Crippen LogP contribution in [-0.4, -0.2) is 10.9 Å². The zero-order valence-electron chi connectivity index (χ0n) is 11.1. The Kier molecular flexibility index (Phi) is 4.49. The van der Waals surface area contributed by atoms with Crippen molar-refractivity contribution in [2.24, 2.45) is 5.11 Å². The molecule has 1 aromatic rings. The number of nitrogen functional groups attached to an aromatic ring is 1. The van der Waals surface area contributed by atoms with Crippen molar-refractivity contribution in [2.75, 3.05) is 11.1 Å². The molecule has 1 amide bonds. The normalized spacial score (nSPS) is 15.8. The van der Waals surface area contributed by atoms with Gasteiger partial charge in [-0.05, 0) is 41.1 Å². The Hall–Kier alpha value is -2.48. The van der Waals surface area contributed by atoms with E-state index in [2.05, 4.69) is 36.7 Å². The molecule has 0 atom stereocenters. The number of pyridine rings is 1. The molecule has 5 N–H and O–H groups in total. The summed E-state index contributed by atoms with van der Waals surface area (Å²) in [5, 5.41) is 8.83. The lowest BCUT2D eigenvalue weighted by molar-refractivity contribution is -0.113. The second kappa shape index (κ2) is 6.31. The Labute approximate surface area is 129 Å². The van der Waals surface area contributed by atoms with Gasteiger partial charge in [0, 0.05) is 10.7 Å². The van der Waals surface area contributed by atoms with Gasteiger partial charge in [-0.2, -0.15) is 5.11 Å². The number of nitrogens with two attached hydrogens (primary N) is 1. The predicted octanol–water partition coefficient (Wildman–Crippen LogP) is 2.55. The number of allylic oxidation sites excluding steroid dienone is 3. The highest BCUT2D eigenvalue weighted by Gasteiger charge is 2.16. The molecular weight excluding hydrogens is 336 g/mol. The fourth-order valence-electron chi connectivity index (χ4n) is 1.64. The third-order valence-electron chi connectivity index (χ3n) is 2.71. The highest BCUT2D eigenvalue weighted by atomic mass is 79.9. The van der Waals surface area contributed by atoms with Crippen LogP contribution in [0.4, 0.5) is 11.4 Å². The first-order valence-electron chi connectivity index (χ1n) is 5.96. The number of dihydropyridines is 1. The lowest BCUT2D eigenvalue weighted by Gasteiger charge is -2.12. The molecule has 0 saturated carbocycles. The molecule has 0 saturated heterocycles. The molecular formula is C13H13BrN6O. The summed E-state index contributed by atoms with van der Waals surface area (Å²) in [4.78, 5) is 16.3. The van der Waals surface area contributed by atoms with Crippen LogP contribution in [0.25, 0.3) is 0 Å². The summed E-state index contributed by atoms with van der Waals surface area (Å²) in [6, 6.07) is 1.60. The molecule has 0 aliphatic carbocycles. The number of rotatable bonds is 3. The second-order valence-corrected chi connectivity index (χ2v) is 5.15. The number of nitrogens with zero attached hydrogens (tertiary/aromatic N) is 2. The molecule has 1 aromatic heterocycles. The van der Waals surface area contributed by atoms with E-state index < -0.39 is 5.91 Å². The predicted molar refractivity (Wildman–Crippen MR) is 83.5 cm³/mol. The van der Waals surface area contributed by atoms with Crippen molar-refractivity contribution in [1.29, 1.82) is 5.53 Å². The number of aryl methyl sites for hydroxylation is 1. The van der Waals surface area contributed by atoms with Gasteiger partial charge in [-0.15, -0.1) is 0 Å². The average Bonchev–Trinajstić information content (AvgIpc) is 2.46. The fourth-order valence-corrected chi connectivity index (χ4v) is 1.89. The van der Waals surface area contributed by atoms with Crippen LogP contribution in [-0.2, 0) is 4.79 Å². The quantitative estimate of drug-likeness (QED) is 0.496. The molecule has 2 heterocycles. The number of anilines is 2. The Bertz CT molecular complexity index is 692. The molecule has 0 aromatic carbocycles. The van der Waals surface area contributed by atoms with E-state index in [1.807, 2.05) is 0 Å². The summed E-state index contributed by atoms with van der Waals surface area (Å²) < 4.78 is 0.826. The van der Waals surface area contributed by atoms with Crippen LogP contribution in [0.2, 0.25) is 0 Å². The van der Waals surface area contributed by atoms with E-state index in [1.54, 1.807) is 31.3 Å². The first-order chi connectivity index (χ1) is 10.0. The monoisotopic (exact) mass is 348 g/mol. The van der Waals surface area contributed by atoms with Gasteiger partial charge < -0.3 is 16.4 Å². The van der Waals surface area contributed by atoms with Crippen LogP contribution in [0.5, 0.6) is 0 Å². The summed E-state index contributed by atoms with van der Waals surface area (Å²) in [6.45, 7) is 1.75. The molecule has 108 valence electrons. The lowest BCUT2D eigenvalue weighted by Crippen LogP contribution is -2.20. The Morgan fingerprint density at radius 2 is 2.29 bits per heavy atom. The van der Waals surface area contributed by atoms with E-state index in [-0.39, 0.29) is 5.70 Å². The smallest absolute Gasteiger partial charge is 0.278 e. The summed E-state index contributed by atoms with van der Waals surface area (Å²) in [5.41, 5.74) is 14.8. The van der Waals surface area contributed by atoms with Gasteiger partial charge in [0.15, 0.2) is 5.70 Å². The van der Waals surface area contributed by atoms with E-state index in [0.29, 0.717) is 22.8 Å². The van der Waals surface area contributed by atoms with Crippen molar-refractivity contribution in [3.8, 4) is 0 Å². The van der Waals surface area contributed by atoms with Crippen LogP contribution >= 0.6 is 15.9 Å². The van der Waals surface area contributed by atoms with Crippen LogP contribution in [0.1, 0.15) is 5.69 Å².